The molecular weight excluding hydrogens is 345 g/mol. The van der Waals surface area contributed by atoms with Crippen LogP contribution in [-0.4, -0.2) is 20.7 Å². The molecule has 8 heteroatoms. The molecule has 0 spiro atoms. The highest BCUT2D eigenvalue weighted by Crippen LogP contribution is 2.32. The fraction of sp³-hybridized carbons (Fsp3) is 0.0556. The van der Waals surface area contributed by atoms with Crippen molar-refractivity contribution >= 4 is 17.7 Å². The fourth-order valence-corrected chi connectivity index (χ4v) is 2.32. The predicted molar refractivity (Wildman–Crippen MR) is 90.5 cm³/mol. The van der Waals surface area contributed by atoms with Gasteiger partial charge in [0.05, 0.1) is 11.3 Å². The number of halogens is 3. The highest BCUT2D eigenvalue weighted by atomic mass is 19.4. The lowest BCUT2D eigenvalue weighted by Gasteiger charge is -2.09. The molecule has 0 bridgehead atoms. The molecule has 0 aliphatic carbocycles. The third-order valence-electron chi connectivity index (χ3n) is 3.48. The Hall–Kier alpha value is -3.42. The molecule has 1 N–H and O–H groups in total. The van der Waals surface area contributed by atoms with Gasteiger partial charge >= 0.3 is 6.18 Å². The summed E-state index contributed by atoms with van der Waals surface area (Å²) >= 11 is 0. The summed E-state index contributed by atoms with van der Waals surface area (Å²) in [5.74, 6) is -0.544. The SMILES string of the molecule is O=C(/C=C/c1ccccc1C(F)(F)F)Nc1cccc(-n2cncn2)c1. The van der Waals surface area contributed by atoms with Crippen LogP contribution in [0, 0.1) is 0 Å². The minimum atomic E-state index is -4.48. The first-order chi connectivity index (χ1) is 12.4. The number of nitrogens with zero attached hydrogens (tertiary/aromatic N) is 3. The van der Waals surface area contributed by atoms with Crippen molar-refractivity contribution in [2.24, 2.45) is 0 Å². The van der Waals surface area contributed by atoms with Crippen molar-refractivity contribution in [1.29, 1.82) is 0 Å². The summed E-state index contributed by atoms with van der Waals surface area (Å²) in [7, 11) is 0. The summed E-state index contributed by atoms with van der Waals surface area (Å²) in [4.78, 5) is 15.9. The van der Waals surface area contributed by atoms with Gasteiger partial charge in [-0.15, -0.1) is 0 Å². The van der Waals surface area contributed by atoms with Gasteiger partial charge in [0.25, 0.3) is 0 Å². The van der Waals surface area contributed by atoms with Gasteiger partial charge in [-0.25, -0.2) is 9.67 Å². The van der Waals surface area contributed by atoms with Gasteiger partial charge in [-0.05, 0) is 35.9 Å². The molecule has 132 valence electrons. The number of amides is 1. The van der Waals surface area contributed by atoms with E-state index in [2.05, 4.69) is 15.4 Å². The van der Waals surface area contributed by atoms with Crippen LogP contribution < -0.4 is 5.32 Å². The van der Waals surface area contributed by atoms with Gasteiger partial charge in [0.1, 0.15) is 12.7 Å². The van der Waals surface area contributed by atoms with Crippen molar-refractivity contribution in [2.45, 2.75) is 6.18 Å². The molecule has 5 nitrogen and oxygen atoms in total. The van der Waals surface area contributed by atoms with Crippen LogP contribution in [0.5, 0.6) is 0 Å². The van der Waals surface area contributed by atoms with Gasteiger partial charge in [-0.2, -0.15) is 18.3 Å². The molecule has 1 heterocycles. The predicted octanol–water partition coefficient (Wildman–Crippen LogP) is 3.94. The first kappa shape index (κ1) is 17.4. The highest BCUT2D eigenvalue weighted by Gasteiger charge is 2.32. The minimum Gasteiger partial charge on any atom is -0.322 e. The Morgan fingerprint density at radius 3 is 2.65 bits per heavy atom. The van der Waals surface area contributed by atoms with E-state index in [9.17, 15) is 18.0 Å². The van der Waals surface area contributed by atoms with Crippen molar-refractivity contribution in [2.75, 3.05) is 5.32 Å². The van der Waals surface area contributed by atoms with E-state index < -0.39 is 17.6 Å². The number of aromatic nitrogens is 3. The molecule has 0 atom stereocenters. The van der Waals surface area contributed by atoms with E-state index in [4.69, 9.17) is 0 Å². The number of anilines is 1. The van der Waals surface area contributed by atoms with Crippen LogP contribution >= 0.6 is 0 Å². The van der Waals surface area contributed by atoms with Crippen molar-refractivity contribution < 1.29 is 18.0 Å². The van der Waals surface area contributed by atoms with E-state index >= 15 is 0 Å². The Bertz CT molecular complexity index is 934. The number of carbonyl (C=O) groups is 1. The van der Waals surface area contributed by atoms with Gasteiger partial charge in [0, 0.05) is 11.8 Å². The molecule has 0 fully saturated rings. The molecule has 0 unspecified atom stereocenters. The number of hydrogen-bond donors (Lipinski definition) is 1. The first-order valence-corrected chi connectivity index (χ1v) is 7.54. The Kier molecular flexibility index (Phi) is 4.83. The van der Waals surface area contributed by atoms with Gasteiger partial charge in [0.15, 0.2) is 0 Å². The molecule has 26 heavy (non-hydrogen) atoms. The molecule has 3 aromatic rings. The number of nitrogens with one attached hydrogen (secondary N) is 1. The number of carbonyl (C=O) groups excluding carboxylic acids is 1. The van der Waals surface area contributed by atoms with E-state index in [1.165, 1.54) is 35.5 Å². The van der Waals surface area contributed by atoms with Crippen molar-refractivity contribution in [3.63, 3.8) is 0 Å². The topological polar surface area (TPSA) is 59.8 Å². The molecule has 0 saturated carbocycles. The second-order valence-electron chi connectivity index (χ2n) is 5.30. The first-order valence-electron chi connectivity index (χ1n) is 7.54. The van der Waals surface area contributed by atoms with Crippen LogP contribution in [0.4, 0.5) is 18.9 Å². The Morgan fingerprint density at radius 2 is 1.92 bits per heavy atom. The molecule has 3 rings (SSSR count). The van der Waals surface area contributed by atoms with Crippen LogP contribution in [0.25, 0.3) is 11.8 Å². The van der Waals surface area contributed by atoms with Crippen LogP contribution in [0.15, 0.2) is 67.3 Å². The lowest BCUT2D eigenvalue weighted by atomic mass is 10.1. The van der Waals surface area contributed by atoms with Gasteiger partial charge in [-0.3, -0.25) is 4.79 Å². The summed E-state index contributed by atoms with van der Waals surface area (Å²) in [6.45, 7) is 0. The largest absolute Gasteiger partial charge is 0.416 e. The Labute approximate surface area is 146 Å². The monoisotopic (exact) mass is 358 g/mol. The van der Waals surface area contributed by atoms with Crippen LogP contribution in [0.2, 0.25) is 0 Å². The van der Waals surface area contributed by atoms with Crippen LogP contribution in [0.1, 0.15) is 11.1 Å². The second kappa shape index (κ2) is 7.22. The molecular formula is C18H13F3N4O. The smallest absolute Gasteiger partial charge is 0.322 e. The maximum atomic E-state index is 13.0. The van der Waals surface area contributed by atoms with E-state index in [1.807, 2.05) is 0 Å². The summed E-state index contributed by atoms with van der Waals surface area (Å²) in [6.07, 6.45) is 0.608. The fourth-order valence-electron chi connectivity index (χ4n) is 2.32. The van der Waals surface area contributed by atoms with Gasteiger partial charge < -0.3 is 5.32 Å². The van der Waals surface area contributed by atoms with Crippen molar-refractivity contribution in [3.8, 4) is 5.69 Å². The summed E-state index contributed by atoms with van der Waals surface area (Å²) in [5.41, 5.74) is 0.298. The van der Waals surface area contributed by atoms with E-state index in [-0.39, 0.29) is 5.56 Å². The lowest BCUT2D eigenvalue weighted by molar-refractivity contribution is -0.137. The average Bonchev–Trinajstić information content (AvgIpc) is 3.14. The van der Waals surface area contributed by atoms with Crippen LogP contribution in [0.3, 0.4) is 0 Å². The minimum absolute atomic E-state index is 0.0773. The molecule has 0 aliphatic heterocycles. The molecule has 0 aliphatic rings. The summed E-state index contributed by atoms with van der Waals surface area (Å²) in [5, 5.41) is 6.59. The van der Waals surface area contributed by atoms with E-state index in [0.29, 0.717) is 11.4 Å². The van der Waals surface area contributed by atoms with Crippen LogP contribution in [-0.2, 0) is 11.0 Å². The molecule has 0 radical (unpaired) electrons. The van der Waals surface area contributed by atoms with Crippen molar-refractivity contribution in [3.05, 3.63) is 78.4 Å². The molecule has 1 aromatic heterocycles. The van der Waals surface area contributed by atoms with E-state index in [1.54, 1.807) is 24.3 Å². The zero-order valence-corrected chi connectivity index (χ0v) is 13.3. The maximum absolute atomic E-state index is 13.0. The summed E-state index contributed by atoms with van der Waals surface area (Å²) in [6, 6.07) is 11.9. The van der Waals surface area contributed by atoms with Crippen molar-refractivity contribution in [1.82, 2.24) is 14.8 Å². The molecule has 2 aromatic carbocycles. The average molecular weight is 358 g/mol. The highest BCUT2D eigenvalue weighted by molar-refractivity contribution is 6.02. The second-order valence-corrected chi connectivity index (χ2v) is 5.30. The lowest BCUT2D eigenvalue weighted by Crippen LogP contribution is -2.09. The standard InChI is InChI=1S/C18H13F3N4O/c19-18(20,21)16-7-2-1-4-13(16)8-9-17(26)24-14-5-3-6-15(10-14)25-12-22-11-23-25/h1-12H,(H,24,26)/b9-8+. The van der Waals surface area contributed by atoms with Gasteiger partial charge in [0.2, 0.25) is 5.91 Å². The Morgan fingerprint density at radius 1 is 1.12 bits per heavy atom. The number of hydrogen-bond acceptors (Lipinski definition) is 3. The number of benzene rings is 2. The molecule has 1 amide bonds. The van der Waals surface area contributed by atoms with Gasteiger partial charge in [-0.1, -0.05) is 24.3 Å². The number of rotatable bonds is 4. The maximum Gasteiger partial charge on any atom is 0.416 e. The normalized spacial score (nSPS) is 11.7. The number of alkyl halides is 3. The zero-order valence-electron chi connectivity index (χ0n) is 13.3. The quantitative estimate of drug-likeness (QED) is 0.719. The third kappa shape index (κ3) is 4.15. The third-order valence-corrected chi connectivity index (χ3v) is 3.48. The Balaban J connectivity index is 1.74. The summed E-state index contributed by atoms with van der Waals surface area (Å²) < 4.78 is 40.4. The zero-order chi connectivity index (χ0) is 18.6. The molecule has 0 saturated heterocycles. The van der Waals surface area contributed by atoms with E-state index in [0.717, 1.165) is 18.2 Å².